The lowest BCUT2D eigenvalue weighted by Crippen LogP contribution is -2.13. The van der Waals surface area contributed by atoms with Crippen molar-refractivity contribution < 1.29 is 13.9 Å². The van der Waals surface area contributed by atoms with E-state index in [9.17, 15) is 9.18 Å². The Kier molecular flexibility index (Phi) is 5.43. The number of hydrogen-bond donors (Lipinski definition) is 2. The monoisotopic (exact) mass is 351 g/mol. The molecule has 0 saturated carbocycles. The number of benzene rings is 2. The maximum Gasteiger partial charge on any atom is 0.274 e. The van der Waals surface area contributed by atoms with E-state index >= 15 is 0 Å². The van der Waals surface area contributed by atoms with E-state index in [-0.39, 0.29) is 11.7 Å². The van der Waals surface area contributed by atoms with Crippen LogP contribution in [-0.2, 0) is 0 Å². The van der Waals surface area contributed by atoms with Crippen LogP contribution < -0.4 is 15.4 Å². The van der Waals surface area contributed by atoms with Gasteiger partial charge in [0, 0.05) is 11.4 Å². The summed E-state index contributed by atoms with van der Waals surface area (Å²) < 4.78 is 18.3. The van der Waals surface area contributed by atoms with E-state index in [2.05, 4.69) is 15.6 Å². The molecule has 0 aliphatic heterocycles. The van der Waals surface area contributed by atoms with Crippen LogP contribution in [0, 0.1) is 5.82 Å². The fourth-order valence-corrected chi connectivity index (χ4v) is 2.30. The summed E-state index contributed by atoms with van der Waals surface area (Å²) in [7, 11) is 0. The lowest BCUT2D eigenvalue weighted by molar-refractivity contribution is 0.102. The van der Waals surface area contributed by atoms with E-state index in [1.54, 1.807) is 54.7 Å². The van der Waals surface area contributed by atoms with Gasteiger partial charge in [0.1, 0.15) is 17.3 Å². The highest BCUT2D eigenvalue weighted by Crippen LogP contribution is 2.18. The first kappa shape index (κ1) is 17.4. The SMILES string of the molecule is CCOc1ccc(NC(=O)c2ccc(Nc3ccc(F)cc3)cn2)cc1. The summed E-state index contributed by atoms with van der Waals surface area (Å²) in [5.41, 5.74) is 2.39. The second kappa shape index (κ2) is 8.11. The molecule has 2 N–H and O–H groups in total. The first-order valence-corrected chi connectivity index (χ1v) is 8.17. The minimum absolute atomic E-state index is 0.295. The molecule has 1 heterocycles. The zero-order chi connectivity index (χ0) is 18.4. The number of ether oxygens (including phenoxy) is 1. The summed E-state index contributed by atoms with van der Waals surface area (Å²) in [6.07, 6.45) is 1.55. The standard InChI is InChI=1S/C20H18FN3O2/c1-2-26-18-10-7-16(8-11-18)24-20(25)19-12-9-17(13-22-19)23-15-5-3-14(21)4-6-15/h3-13,23H,2H2,1H3,(H,24,25). The Labute approximate surface area is 150 Å². The highest BCUT2D eigenvalue weighted by Gasteiger charge is 2.08. The topological polar surface area (TPSA) is 63.2 Å². The highest BCUT2D eigenvalue weighted by molar-refractivity contribution is 6.03. The van der Waals surface area contributed by atoms with Crippen LogP contribution in [0.5, 0.6) is 5.75 Å². The van der Waals surface area contributed by atoms with Crippen LogP contribution in [0.4, 0.5) is 21.5 Å². The molecule has 26 heavy (non-hydrogen) atoms. The predicted octanol–water partition coefficient (Wildman–Crippen LogP) is 4.62. The first-order chi connectivity index (χ1) is 12.6. The largest absolute Gasteiger partial charge is 0.494 e. The van der Waals surface area contributed by atoms with Crippen LogP contribution in [-0.4, -0.2) is 17.5 Å². The molecule has 5 nitrogen and oxygen atoms in total. The minimum Gasteiger partial charge on any atom is -0.494 e. The summed E-state index contributed by atoms with van der Waals surface area (Å²) in [5, 5.41) is 5.87. The molecule has 2 aromatic carbocycles. The van der Waals surface area contributed by atoms with Crippen molar-refractivity contribution in [2.24, 2.45) is 0 Å². The summed E-state index contributed by atoms with van der Waals surface area (Å²) in [6, 6.07) is 16.5. The first-order valence-electron chi connectivity index (χ1n) is 8.17. The van der Waals surface area contributed by atoms with Gasteiger partial charge in [0.15, 0.2) is 0 Å². The molecule has 1 aromatic heterocycles. The number of anilines is 3. The summed E-state index contributed by atoms with van der Waals surface area (Å²) in [5.74, 6) is 0.150. The number of carbonyl (C=O) groups is 1. The second-order valence-electron chi connectivity index (χ2n) is 5.48. The number of amides is 1. The van der Waals surface area contributed by atoms with Gasteiger partial charge in [0.05, 0.1) is 18.5 Å². The molecule has 3 rings (SSSR count). The zero-order valence-electron chi connectivity index (χ0n) is 14.2. The van der Waals surface area contributed by atoms with Crippen molar-refractivity contribution >= 4 is 23.0 Å². The lowest BCUT2D eigenvalue weighted by atomic mass is 10.2. The quantitative estimate of drug-likeness (QED) is 0.680. The number of carbonyl (C=O) groups excluding carboxylic acids is 1. The van der Waals surface area contributed by atoms with Gasteiger partial charge in [-0.15, -0.1) is 0 Å². The van der Waals surface area contributed by atoms with E-state index in [4.69, 9.17) is 4.74 Å². The van der Waals surface area contributed by atoms with Gasteiger partial charge in [0.2, 0.25) is 0 Å². The number of hydrogen-bond acceptors (Lipinski definition) is 4. The van der Waals surface area contributed by atoms with Crippen molar-refractivity contribution in [1.82, 2.24) is 4.98 Å². The molecule has 0 spiro atoms. The third-order valence-corrected chi connectivity index (χ3v) is 3.55. The number of rotatable bonds is 6. The van der Waals surface area contributed by atoms with Crippen LogP contribution >= 0.6 is 0 Å². The van der Waals surface area contributed by atoms with Crippen molar-refractivity contribution in [3.8, 4) is 5.75 Å². The molecule has 3 aromatic rings. The number of nitrogens with one attached hydrogen (secondary N) is 2. The third kappa shape index (κ3) is 4.57. The van der Waals surface area contributed by atoms with E-state index in [0.717, 1.165) is 11.4 Å². The zero-order valence-corrected chi connectivity index (χ0v) is 14.2. The molecule has 0 saturated heterocycles. The molecule has 0 aliphatic rings. The molecule has 6 heteroatoms. The van der Waals surface area contributed by atoms with Crippen molar-refractivity contribution in [3.05, 3.63) is 78.4 Å². The summed E-state index contributed by atoms with van der Waals surface area (Å²) in [6.45, 7) is 2.50. The number of halogens is 1. The van der Waals surface area contributed by atoms with Crippen molar-refractivity contribution in [1.29, 1.82) is 0 Å². The van der Waals surface area contributed by atoms with Gasteiger partial charge in [-0.3, -0.25) is 4.79 Å². The smallest absolute Gasteiger partial charge is 0.274 e. The average Bonchev–Trinajstić information content (AvgIpc) is 2.66. The molecule has 0 unspecified atom stereocenters. The Morgan fingerprint density at radius 3 is 2.23 bits per heavy atom. The minimum atomic E-state index is -0.303. The molecule has 0 radical (unpaired) electrons. The molecule has 132 valence electrons. The van der Waals surface area contributed by atoms with E-state index < -0.39 is 0 Å². The van der Waals surface area contributed by atoms with Crippen LogP contribution in [0.25, 0.3) is 0 Å². The Hall–Kier alpha value is -3.41. The van der Waals surface area contributed by atoms with Gasteiger partial charge in [0.25, 0.3) is 5.91 Å². The molecule has 0 fully saturated rings. The van der Waals surface area contributed by atoms with E-state index in [0.29, 0.717) is 23.7 Å². The molecular weight excluding hydrogens is 333 g/mol. The molecule has 0 bridgehead atoms. The van der Waals surface area contributed by atoms with Crippen molar-refractivity contribution in [2.75, 3.05) is 17.2 Å². The van der Waals surface area contributed by atoms with E-state index in [1.807, 2.05) is 6.92 Å². The van der Waals surface area contributed by atoms with Crippen molar-refractivity contribution in [2.45, 2.75) is 6.92 Å². The number of aromatic nitrogens is 1. The molecule has 0 aliphatic carbocycles. The second-order valence-corrected chi connectivity index (χ2v) is 5.48. The Morgan fingerprint density at radius 2 is 1.62 bits per heavy atom. The van der Waals surface area contributed by atoms with Crippen LogP contribution in [0.15, 0.2) is 66.9 Å². The highest BCUT2D eigenvalue weighted by atomic mass is 19.1. The van der Waals surface area contributed by atoms with Crippen molar-refractivity contribution in [3.63, 3.8) is 0 Å². The van der Waals surface area contributed by atoms with Gasteiger partial charge in [-0.25, -0.2) is 9.37 Å². The van der Waals surface area contributed by atoms with Gasteiger partial charge in [-0.2, -0.15) is 0 Å². The fourth-order valence-electron chi connectivity index (χ4n) is 2.30. The Bertz CT molecular complexity index is 863. The normalized spacial score (nSPS) is 10.2. The van der Waals surface area contributed by atoms with Gasteiger partial charge in [-0.05, 0) is 67.6 Å². The predicted molar refractivity (Wildman–Crippen MR) is 99.5 cm³/mol. The van der Waals surface area contributed by atoms with Crippen LogP contribution in [0.3, 0.4) is 0 Å². The Morgan fingerprint density at radius 1 is 0.962 bits per heavy atom. The van der Waals surface area contributed by atoms with Crippen LogP contribution in [0.2, 0.25) is 0 Å². The van der Waals surface area contributed by atoms with Gasteiger partial charge >= 0.3 is 0 Å². The lowest BCUT2D eigenvalue weighted by Gasteiger charge is -2.08. The van der Waals surface area contributed by atoms with Gasteiger partial charge in [-0.1, -0.05) is 0 Å². The summed E-state index contributed by atoms with van der Waals surface area (Å²) >= 11 is 0. The third-order valence-electron chi connectivity index (χ3n) is 3.55. The maximum atomic E-state index is 12.9. The van der Waals surface area contributed by atoms with E-state index in [1.165, 1.54) is 12.1 Å². The molecule has 1 amide bonds. The molecular formula is C20H18FN3O2. The Balaban J connectivity index is 1.62. The van der Waals surface area contributed by atoms with Gasteiger partial charge < -0.3 is 15.4 Å². The molecule has 0 atom stereocenters. The number of pyridine rings is 1. The number of nitrogens with zero attached hydrogens (tertiary/aromatic N) is 1. The fraction of sp³-hybridized carbons (Fsp3) is 0.100. The average molecular weight is 351 g/mol. The maximum absolute atomic E-state index is 12.9. The summed E-state index contributed by atoms with van der Waals surface area (Å²) in [4.78, 5) is 16.4. The van der Waals surface area contributed by atoms with Crippen LogP contribution in [0.1, 0.15) is 17.4 Å².